The van der Waals surface area contributed by atoms with Crippen molar-refractivity contribution in [3.05, 3.63) is 47.0 Å². The molecule has 20 heavy (non-hydrogen) atoms. The maximum atomic E-state index is 12.4. The molecule has 0 aliphatic heterocycles. The van der Waals surface area contributed by atoms with Crippen molar-refractivity contribution >= 4 is 5.78 Å². The first-order valence-electron chi connectivity index (χ1n) is 6.94. The summed E-state index contributed by atoms with van der Waals surface area (Å²) in [5, 5.41) is 4.19. The van der Waals surface area contributed by atoms with Gasteiger partial charge in [0.25, 0.3) is 0 Å². The number of carbonyl (C=O) groups excluding carboxylic acids is 1. The van der Waals surface area contributed by atoms with Crippen LogP contribution in [0, 0.1) is 19.8 Å². The van der Waals surface area contributed by atoms with Crippen molar-refractivity contribution in [2.45, 2.75) is 40.7 Å². The van der Waals surface area contributed by atoms with Gasteiger partial charge in [0.15, 0.2) is 5.78 Å². The third-order valence-corrected chi connectivity index (χ3v) is 3.23. The summed E-state index contributed by atoms with van der Waals surface area (Å²) in [6.07, 6.45) is 1.82. The molecule has 0 aliphatic carbocycles. The Bertz CT molecular complexity index is 614. The van der Waals surface area contributed by atoms with E-state index >= 15 is 0 Å². The summed E-state index contributed by atoms with van der Waals surface area (Å²) >= 11 is 0. The van der Waals surface area contributed by atoms with Crippen LogP contribution >= 0.6 is 0 Å². The molecule has 1 aromatic heterocycles. The van der Waals surface area contributed by atoms with Gasteiger partial charge in [-0.15, -0.1) is 0 Å². The highest BCUT2D eigenvalue weighted by molar-refractivity contribution is 5.98. The van der Waals surface area contributed by atoms with Crippen molar-refractivity contribution < 1.29 is 4.79 Å². The molecule has 0 N–H and O–H groups in total. The zero-order valence-electron chi connectivity index (χ0n) is 12.6. The minimum absolute atomic E-state index is 0.0977. The third-order valence-electron chi connectivity index (χ3n) is 3.23. The first kappa shape index (κ1) is 14.4. The van der Waals surface area contributed by atoms with Crippen LogP contribution in [0.3, 0.4) is 0 Å². The molecule has 1 aromatic carbocycles. The maximum Gasteiger partial charge on any atom is 0.170 e. The molecule has 106 valence electrons. The van der Waals surface area contributed by atoms with E-state index in [-0.39, 0.29) is 5.78 Å². The second kappa shape index (κ2) is 5.99. The maximum absolute atomic E-state index is 12.4. The van der Waals surface area contributed by atoms with Gasteiger partial charge in [0.1, 0.15) is 12.2 Å². The molecule has 0 aliphatic rings. The topological polar surface area (TPSA) is 47.8 Å². The van der Waals surface area contributed by atoms with Gasteiger partial charge in [-0.1, -0.05) is 37.6 Å². The Labute approximate surface area is 119 Å². The lowest BCUT2D eigenvalue weighted by atomic mass is 10.0. The zero-order valence-corrected chi connectivity index (χ0v) is 12.6. The third kappa shape index (κ3) is 3.32. The summed E-state index contributed by atoms with van der Waals surface area (Å²) in [5.74, 6) is 1.32. The Morgan fingerprint density at radius 3 is 2.70 bits per heavy atom. The van der Waals surface area contributed by atoms with Crippen molar-refractivity contribution in [3.63, 3.8) is 0 Å². The van der Waals surface area contributed by atoms with Crippen LogP contribution in [0.4, 0.5) is 0 Å². The molecular weight excluding hydrogens is 250 g/mol. The van der Waals surface area contributed by atoms with Crippen molar-refractivity contribution in [1.29, 1.82) is 0 Å². The van der Waals surface area contributed by atoms with Crippen molar-refractivity contribution in [2.24, 2.45) is 5.92 Å². The van der Waals surface area contributed by atoms with E-state index in [2.05, 4.69) is 23.9 Å². The summed E-state index contributed by atoms with van der Waals surface area (Å²) < 4.78 is 1.83. The van der Waals surface area contributed by atoms with Crippen LogP contribution in [0.1, 0.15) is 41.2 Å². The second-order valence-electron chi connectivity index (χ2n) is 5.67. The van der Waals surface area contributed by atoms with Crippen LogP contribution in [0.15, 0.2) is 24.5 Å². The summed E-state index contributed by atoms with van der Waals surface area (Å²) in [6.45, 7) is 9.03. The first-order chi connectivity index (χ1) is 9.47. The molecule has 4 heteroatoms. The Hall–Kier alpha value is -1.97. The lowest BCUT2D eigenvalue weighted by Gasteiger charge is -2.09. The monoisotopic (exact) mass is 271 g/mol. The summed E-state index contributed by atoms with van der Waals surface area (Å²) in [4.78, 5) is 16.6. The molecule has 0 saturated carbocycles. The molecule has 0 bridgehead atoms. The van der Waals surface area contributed by atoms with E-state index in [1.54, 1.807) is 0 Å². The minimum Gasteiger partial charge on any atom is -0.294 e. The van der Waals surface area contributed by atoms with Gasteiger partial charge in [0, 0.05) is 12.1 Å². The molecular formula is C16H21N3O. The fourth-order valence-electron chi connectivity index (χ4n) is 2.29. The number of ketones is 1. The number of rotatable bonds is 5. The number of hydrogen-bond acceptors (Lipinski definition) is 3. The van der Waals surface area contributed by atoms with Crippen LogP contribution in [0.25, 0.3) is 0 Å². The van der Waals surface area contributed by atoms with E-state index in [0.717, 1.165) is 23.5 Å². The van der Waals surface area contributed by atoms with Gasteiger partial charge < -0.3 is 0 Å². The summed E-state index contributed by atoms with van der Waals surface area (Å²) in [6, 6.07) is 5.90. The van der Waals surface area contributed by atoms with Crippen LogP contribution in [-0.2, 0) is 13.0 Å². The number of nitrogens with zero attached hydrogens (tertiary/aromatic N) is 3. The lowest BCUT2D eigenvalue weighted by Crippen LogP contribution is -2.14. The number of aryl methyl sites for hydroxylation is 2. The summed E-state index contributed by atoms with van der Waals surface area (Å²) in [5.41, 5.74) is 2.96. The average Bonchev–Trinajstić information content (AvgIpc) is 2.75. The largest absolute Gasteiger partial charge is 0.294 e. The SMILES string of the molecule is Cc1ccc(C(=O)Cc2ncnn2CC(C)C)c(C)c1. The molecule has 0 fully saturated rings. The number of hydrogen-bond donors (Lipinski definition) is 0. The van der Waals surface area contributed by atoms with Crippen LogP contribution < -0.4 is 0 Å². The number of benzene rings is 1. The van der Waals surface area contributed by atoms with Crippen LogP contribution in [-0.4, -0.2) is 20.5 Å². The normalized spacial score (nSPS) is 11.1. The van der Waals surface area contributed by atoms with E-state index in [0.29, 0.717) is 12.3 Å². The predicted molar refractivity (Wildman–Crippen MR) is 78.8 cm³/mol. The minimum atomic E-state index is 0.0977. The molecule has 4 nitrogen and oxygen atoms in total. The molecule has 0 atom stereocenters. The Morgan fingerprint density at radius 2 is 2.05 bits per heavy atom. The van der Waals surface area contributed by atoms with Gasteiger partial charge in [0.05, 0.1) is 6.42 Å². The molecule has 2 rings (SSSR count). The number of aromatic nitrogens is 3. The lowest BCUT2D eigenvalue weighted by molar-refractivity contribution is 0.0988. The van der Waals surface area contributed by atoms with Crippen molar-refractivity contribution in [2.75, 3.05) is 0 Å². The fourth-order valence-corrected chi connectivity index (χ4v) is 2.29. The highest BCUT2D eigenvalue weighted by Crippen LogP contribution is 2.13. The molecule has 1 heterocycles. The first-order valence-corrected chi connectivity index (χ1v) is 6.94. The van der Waals surface area contributed by atoms with Gasteiger partial charge in [-0.05, 0) is 25.3 Å². The van der Waals surface area contributed by atoms with Gasteiger partial charge in [0.2, 0.25) is 0 Å². The molecule has 0 saturated heterocycles. The van der Waals surface area contributed by atoms with E-state index in [4.69, 9.17) is 0 Å². The molecule has 2 aromatic rings. The van der Waals surface area contributed by atoms with E-state index in [1.165, 1.54) is 11.9 Å². The van der Waals surface area contributed by atoms with Gasteiger partial charge >= 0.3 is 0 Å². The Morgan fingerprint density at radius 1 is 1.30 bits per heavy atom. The van der Waals surface area contributed by atoms with Crippen LogP contribution in [0.2, 0.25) is 0 Å². The molecule has 0 unspecified atom stereocenters. The number of Topliss-reactive ketones (excluding diaryl/α,β-unsaturated/α-hetero) is 1. The van der Waals surface area contributed by atoms with Gasteiger partial charge in [-0.25, -0.2) is 9.67 Å². The standard InChI is InChI=1S/C16H21N3O/c1-11(2)9-19-16(17-10-18-19)8-15(20)14-6-5-12(3)7-13(14)4/h5-7,10-11H,8-9H2,1-4H3. The van der Waals surface area contributed by atoms with E-state index in [9.17, 15) is 4.79 Å². The van der Waals surface area contributed by atoms with Crippen molar-refractivity contribution in [1.82, 2.24) is 14.8 Å². The number of carbonyl (C=O) groups is 1. The smallest absolute Gasteiger partial charge is 0.170 e. The summed E-state index contributed by atoms with van der Waals surface area (Å²) in [7, 11) is 0. The molecule has 0 radical (unpaired) electrons. The van der Waals surface area contributed by atoms with Crippen molar-refractivity contribution in [3.8, 4) is 0 Å². The quantitative estimate of drug-likeness (QED) is 0.785. The predicted octanol–water partition coefficient (Wildman–Crippen LogP) is 2.98. The second-order valence-corrected chi connectivity index (χ2v) is 5.67. The molecule has 0 amide bonds. The Balaban J connectivity index is 2.17. The fraction of sp³-hybridized carbons (Fsp3) is 0.438. The van der Waals surface area contributed by atoms with Gasteiger partial charge in [-0.2, -0.15) is 5.10 Å². The average molecular weight is 271 g/mol. The van der Waals surface area contributed by atoms with E-state index in [1.807, 2.05) is 36.7 Å². The Kier molecular flexibility index (Phi) is 4.32. The zero-order chi connectivity index (χ0) is 14.7. The highest BCUT2D eigenvalue weighted by Gasteiger charge is 2.14. The van der Waals surface area contributed by atoms with Gasteiger partial charge in [-0.3, -0.25) is 4.79 Å². The van der Waals surface area contributed by atoms with E-state index < -0.39 is 0 Å². The highest BCUT2D eigenvalue weighted by atomic mass is 16.1. The molecule has 0 spiro atoms. The van der Waals surface area contributed by atoms with Crippen LogP contribution in [0.5, 0.6) is 0 Å².